The number of carbonyl (C=O) groups excluding carboxylic acids is 1. The molecule has 1 aliphatic rings. The molecule has 1 aromatic heterocycles. The van der Waals surface area contributed by atoms with E-state index in [4.69, 9.17) is 18.6 Å². The predicted molar refractivity (Wildman–Crippen MR) is 124 cm³/mol. The zero-order valence-electron chi connectivity index (χ0n) is 18.1. The molecule has 6 heteroatoms. The van der Waals surface area contributed by atoms with Crippen LogP contribution in [0.25, 0.3) is 22.1 Å². The highest BCUT2D eigenvalue weighted by molar-refractivity contribution is 5.92. The van der Waals surface area contributed by atoms with Gasteiger partial charge in [0.2, 0.25) is 5.43 Å². The molecule has 0 radical (unpaired) electrons. The standard InChI is InChI=1S/C27H22O6/c1-2-17-13-20-24(15-23(17)33-27(29)18-7-4-3-5-8-18)32-16-21(26(20)28)19-9-10-22-25(14-19)31-12-6-11-30-22/h3-5,7-10,13-16H,2,6,11-12H2,1H3. The minimum absolute atomic E-state index is 0.165. The molecular formula is C27H22O6. The van der Waals surface area contributed by atoms with Crippen molar-refractivity contribution in [3.8, 4) is 28.4 Å². The van der Waals surface area contributed by atoms with Crippen LogP contribution in [0, 0.1) is 0 Å². The van der Waals surface area contributed by atoms with Crippen molar-refractivity contribution in [2.45, 2.75) is 19.8 Å². The van der Waals surface area contributed by atoms with Gasteiger partial charge in [0.15, 0.2) is 11.5 Å². The van der Waals surface area contributed by atoms with Gasteiger partial charge < -0.3 is 18.6 Å². The minimum Gasteiger partial charge on any atom is -0.490 e. The third-order valence-electron chi connectivity index (χ3n) is 5.61. The maximum absolute atomic E-state index is 13.3. The van der Waals surface area contributed by atoms with Gasteiger partial charge >= 0.3 is 5.97 Å². The Morgan fingerprint density at radius 3 is 2.55 bits per heavy atom. The molecule has 0 aliphatic carbocycles. The van der Waals surface area contributed by atoms with Crippen LogP contribution in [0.2, 0.25) is 0 Å². The number of ether oxygens (including phenoxy) is 3. The molecule has 6 nitrogen and oxygen atoms in total. The molecule has 0 saturated heterocycles. The molecule has 1 aliphatic heterocycles. The zero-order valence-corrected chi connectivity index (χ0v) is 18.1. The van der Waals surface area contributed by atoms with Crippen LogP contribution in [0.3, 0.4) is 0 Å². The molecule has 33 heavy (non-hydrogen) atoms. The summed E-state index contributed by atoms with van der Waals surface area (Å²) in [5, 5.41) is 0.427. The summed E-state index contributed by atoms with van der Waals surface area (Å²) in [6.45, 7) is 3.10. The first kappa shape index (κ1) is 20.8. The highest BCUT2D eigenvalue weighted by Crippen LogP contribution is 2.34. The maximum Gasteiger partial charge on any atom is 0.343 e. The first-order valence-corrected chi connectivity index (χ1v) is 10.9. The first-order chi connectivity index (χ1) is 16.1. The summed E-state index contributed by atoms with van der Waals surface area (Å²) in [6.07, 6.45) is 2.82. The molecule has 4 aromatic rings. The third kappa shape index (κ3) is 4.07. The van der Waals surface area contributed by atoms with Gasteiger partial charge in [-0.2, -0.15) is 0 Å². The van der Waals surface area contributed by atoms with Crippen LogP contribution in [-0.2, 0) is 6.42 Å². The quantitative estimate of drug-likeness (QED) is 0.311. The molecular weight excluding hydrogens is 420 g/mol. The van der Waals surface area contributed by atoms with Crippen molar-refractivity contribution in [1.29, 1.82) is 0 Å². The smallest absolute Gasteiger partial charge is 0.343 e. The van der Waals surface area contributed by atoms with E-state index in [-0.39, 0.29) is 5.43 Å². The number of aryl methyl sites for hydroxylation is 1. The van der Waals surface area contributed by atoms with E-state index >= 15 is 0 Å². The van der Waals surface area contributed by atoms with Crippen LogP contribution >= 0.6 is 0 Å². The fraction of sp³-hybridized carbons (Fsp3) is 0.185. The maximum atomic E-state index is 13.3. The Bertz CT molecular complexity index is 1390. The number of benzene rings is 3. The van der Waals surface area contributed by atoms with Crippen LogP contribution in [-0.4, -0.2) is 19.2 Å². The lowest BCUT2D eigenvalue weighted by Gasteiger charge is -2.12. The number of fused-ring (bicyclic) bond motifs is 2. The van der Waals surface area contributed by atoms with Crippen molar-refractivity contribution >= 4 is 16.9 Å². The van der Waals surface area contributed by atoms with Crippen molar-refractivity contribution < 1.29 is 23.4 Å². The topological polar surface area (TPSA) is 75.0 Å². The van der Waals surface area contributed by atoms with Crippen molar-refractivity contribution in [3.05, 3.63) is 88.3 Å². The Morgan fingerprint density at radius 2 is 1.76 bits per heavy atom. The number of hydrogen-bond acceptors (Lipinski definition) is 6. The van der Waals surface area contributed by atoms with Gasteiger partial charge in [0, 0.05) is 12.5 Å². The monoisotopic (exact) mass is 442 g/mol. The molecule has 166 valence electrons. The predicted octanol–water partition coefficient (Wildman–Crippen LogP) is 5.40. The molecule has 0 spiro atoms. The molecule has 2 heterocycles. The Labute approximate surface area is 190 Å². The second-order valence-corrected chi connectivity index (χ2v) is 7.76. The van der Waals surface area contributed by atoms with E-state index < -0.39 is 5.97 Å². The summed E-state index contributed by atoms with van der Waals surface area (Å²) in [7, 11) is 0. The molecule has 0 fully saturated rings. The van der Waals surface area contributed by atoms with Gasteiger partial charge in [-0.15, -0.1) is 0 Å². The summed E-state index contributed by atoms with van der Waals surface area (Å²) in [5.41, 5.74) is 2.50. The van der Waals surface area contributed by atoms with Crippen LogP contribution < -0.4 is 19.6 Å². The van der Waals surface area contributed by atoms with Gasteiger partial charge in [-0.3, -0.25) is 4.79 Å². The summed E-state index contributed by atoms with van der Waals surface area (Å²) >= 11 is 0. The van der Waals surface area contributed by atoms with Gasteiger partial charge in [0.05, 0.1) is 29.7 Å². The molecule has 0 unspecified atom stereocenters. The second-order valence-electron chi connectivity index (χ2n) is 7.76. The largest absolute Gasteiger partial charge is 0.490 e. The van der Waals surface area contributed by atoms with Gasteiger partial charge in [-0.1, -0.05) is 31.2 Å². The summed E-state index contributed by atoms with van der Waals surface area (Å²) < 4.78 is 22.9. The van der Waals surface area contributed by atoms with Crippen molar-refractivity contribution in [3.63, 3.8) is 0 Å². The van der Waals surface area contributed by atoms with E-state index in [9.17, 15) is 9.59 Å². The average molecular weight is 442 g/mol. The molecule has 5 rings (SSSR count). The fourth-order valence-electron chi connectivity index (χ4n) is 3.84. The van der Waals surface area contributed by atoms with E-state index in [0.29, 0.717) is 64.5 Å². The lowest BCUT2D eigenvalue weighted by molar-refractivity contribution is 0.0733. The second kappa shape index (κ2) is 8.82. The average Bonchev–Trinajstić information content (AvgIpc) is 3.09. The summed E-state index contributed by atoms with van der Waals surface area (Å²) in [6, 6.07) is 17.5. The van der Waals surface area contributed by atoms with Crippen molar-refractivity contribution in [1.82, 2.24) is 0 Å². The van der Waals surface area contributed by atoms with Crippen LogP contribution in [0.1, 0.15) is 29.3 Å². The number of hydrogen-bond donors (Lipinski definition) is 0. The van der Waals surface area contributed by atoms with E-state index in [0.717, 1.165) is 12.0 Å². The third-order valence-corrected chi connectivity index (χ3v) is 5.61. The highest BCUT2D eigenvalue weighted by Gasteiger charge is 2.18. The molecule has 0 atom stereocenters. The molecule has 0 amide bonds. The van der Waals surface area contributed by atoms with Gasteiger partial charge in [0.25, 0.3) is 0 Å². The minimum atomic E-state index is -0.462. The van der Waals surface area contributed by atoms with Crippen molar-refractivity contribution in [2.24, 2.45) is 0 Å². The van der Waals surface area contributed by atoms with Crippen molar-refractivity contribution in [2.75, 3.05) is 13.2 Å². The summed E-state index contributed by atoms with van der Waals surface area (Å²) in [5.74, 6) is 1.20. The molecule has 0 saturated carbocycles. The fourth-order valence-corrected chi connectivity index (χ4v) is 3.84. The van der Waals surface area contributed by atoms with Crippen LogP contribution in [0.15, 0.2) is 76.1 Å². The van der Waals surface area contributed by atoms with E-state index in [1.807, 2.05) is 25.1 Å². The Balaban J connectivity index is 1.53. The lowest BCUT2D eigenvalue weighted by Crippen LogP contribution is -2.11. The molecule has 0 bridgehead atoms. The Kier molecular flexibility index (Phi) is 5.57. The molecule has 0 N–H and O–H groups in total. The van der Waals surface area contributed by atoms with Gasteiger partial charge in [0.1, 0.15) is 17.6 Å². The van der Waals surface area contributed by atoms with Crippen LogP contribution in [0.4, 0.5) is 0 Å². The number of esters is 1. The number of carbonyl (C=O) groups is 1. The summed E-state index contributed by atoms with van der Waals surface area (Å²) in [4.78, 5) is 25.9. The lowest BCUT2D eigenvalue weighted by atomic mass is 10.0. The van der Waals surface area contributed by atoms with Gasteiger partial charge in [-0.25, -0.2) is 4.79 Å². The number of rotatable bonds is 4. The van der Waals surface area contributed by atoms with E-state index in [1.165, 1.54) is 6.26 Å². The van der Waals surface area contributed by atoms with E-state index in [2.05, 4.69) is 0 Å². The zero-order chi connectivity index (χ0) is 22.8. The normalized spacial score (nSPS) is 12.9. The Hall–Kier alpha value is -4.06. The molecule has 3 aromatic carbocycles. The van der Waals surface area contributed by atoms with Crippen LogP contribution in [0.5, 0.6) is 17.2 Å². The van der Waals surface area contributed by atoms with E-state index in [1.54, 1.807) is 42.5 Å². The highest BCUT2D eigenvalue weighted by atomic mass is 16.5. The Morgan fingerprint density at radius 1 is 0.970 bits per heavy atom. The first-order valence-electron chi connectivity index (χ1n) is 10.9. The SMILES string of the molecule is CCc1cc2c(=O)c(-c3ccc4c(c3)OCCCO4)coc2cc1OC(=O)c1ccccc1. The van der Waals surface area contributed by atoms with Gasteiger partial charge in [-0.05, 0) is 47.9 Å².